The summed E-state index contributed by atoms with van der Waals surface area (Å²) in [6.07, 6.45) is 4.52. The third-order valence-electron chi connectivity index (χ3n) is 5.56. The zero-order chi connectivity index (χ0) is 24.7. The second-order valence-corrected chi connectivity index (χ2v) is 8.74. The average molecular weight is 462 g/mol. The van der Waals surface area contributed by atoms with Crippen LogP contribution in [-0.4, -0.2) is 33.5 Å². The van der Waals surface area contributed by atoms with Crippen molar-refractivity contribution in [1.82, 2.24) is 20.4 Å². The van der Waals surface area contributed by atoms with E-state index < -0.39 is 11.9 Å². The summed E-state index contributed by atoms with van der Waals surface area (Å²) in [5.74, 6) is -0.730. The highest BCUT2D eigenvalue weighted by molar-refractivity contribution is 5.97. The zero-order valence-electron chi connectivity index (χ0n) is 19.7. The highest BCUT2D eigenvalue weighted by Gasteiger charge is 2.19. The molecule has 8 nitrogen and oxygen atoms in total. The topological polar surface area (TPSA) is 119 Å². The van der Waals surface area contributed by atoms with E-state index in [1.54, 1.807) is 35.1 Å². The van der Waals surface area contributed by atoms with Gasteiger partial charge in [-0.05, 0) is 55.0 Å². The molecule has 2 aromatic carbocycles. The van der Waals surface area contributed by atoms with Crippen LogP contribution in [0.25, 0.3) is 5.69 Å². The number of rotatable bonds is 10. The fourth-order valence-electron chi connectivity index (χ4n) is 3.48. The van der Waals surface area contributed by atoms with Crippen molar-refractivity contribution >= 4 is 17.7 Å². The Kier molecular flexibility index (Phi) is 8.19. The summed E-state index contributed by atoms with van der Waals surface area (Å²) in [5, 5.41) is 9.86. The van der Waals surface area contributed by atoms with E-state index in [2.05, 4.69) is 15.7 Å². The predicted molar refractivity (Wildman–Crippen MR) is 130 cm³/mol. The monoisotopic (exact) mass is 461 g/mol. The molecule has 1 aromatic heterocycles. The summed E-state index contributed by atoms with van der Waals surface area (Å²) >= 11 is 0. The van der Waals surface area contributed by atoms with Gasteiger partial charge in [-0.2, -0.15) is 5.10 Å². The minimum Gasteiger partial charge on any atom is -0.368 e. The van der Waals surface area contributed by atoms with Crippen molar-refractivity contribution in [2.24, 2.45) is 11.7 Å². The molecule has 3 aromatic rings. The molecule has 0 bridgehead atoms. The van der Waals surface area contributed by atoms with Gasteiger partial charge in [0.25, 0.3) is 11.8 Å². The molecule has 3 rings (SSSR count). The Morgan fingerprint density at radius 2 is 1.68 bits per heavy atom. The van der Waals surface area contributed by atoms with Crippen LogP contribution in [0, 0.1) is 12.8 Å². The second kappa shape index (κ2) is 11.3. The molecule has 178 valence electrons. The number of nitrogens with two attached hydrogens (primary N) is 1. The molecule has 0 saturated carbocycles. The van der Waals surface area contributed by atoms with Crippen LogP contribution in [0.15, 0.2) is 60.9 Å². The van der Waals surface area contributed by atoms with Gasteiger partial charge in [-0.1, -0.05) is 44.2 Å². The van der Waals surface area contributed by atoms with Gasteiger partial charge in [-0.25, -0.2) is 4.68 Å². The summed E-state index contributed by atoms with van der Waals surface area (Å²) in [7, 11) is 0. The van der Waals surface area contributed by atoms with Gasteiger partial charge in [0, 0.05) is 18.3 Å². The zero-order valence-corrected chi connectivity index (χ0v) is 19.7. The number of benzene rings is 2. The van der Waals surface area contributed by atoms with Crippen molar-refractivity contribution in [2.45, 2.75) is 46.2 Å². The van der Waals surface area contributed by atoms with E-state index in [-0.39, 0.29) is 11.8 Å². The van der Waals surface area contributed by atoms with E-state index >= 15 is 0 Å². The Morgan fingerprint density at radius 1 is 0.971 bits per heavy atom. The maximum Gasteiger partial charge on any atom is 0.254 e. The number of hydrogen-bond acceptors (Lipinski definition) is 4. The number of aryl methyl sites for hydroxylation is 1. The fraction of sp³-hybridized carbons (Fsp3) is 0.308. The Bertz CT molecular complexity index is 1150. The molecule has 0 aliphatic heterocycles. The molecular weight excluding hydrogens is 430 g/mol. The number of nitrogens with zero attached hydrogens (tertiary/aromatic N) is 2. The van der Waals surface area contributed by atoms with Crippen LogP contribution < -0.4 is 16.4 Å². The lowest BCUT2D eigenvalue weighted by molar-refractivity contribution is -0.120. The van der Waals surface area contributed by atoms with Gasteiger partial charge >= 0.3 is 0 Å². The first-order valence-corrected chi connectivity index (χ1v) is 11.3. The van der Waals surface area contributed by atoms with E-state index in [0.717, 1.165) is 23.2 Å². The molecule has 0 radical (unpaired) electrons. The van der Waals surface area contributed by atoms with Crippen molar-refractivity contribution in [3.05, 3.63) is 83.2 Å². The number of amides is 3. The molecule has 4 N–H and O–H groups in total. The maximum atomic E-state index is 12.5. The van der Waals surface area contributed by atoms with Gasteiger partial charge in [-0.3, -0.25) is 14.4 Å². The average Bonchev–Trinajstić information content (AvgIpc) is 3.30. The van der Waals surface area contributed by atoms with Crippen molar-refractivity contribution in [1.29, 1.82) is 0 Å². The van der Waals surface area contributed by atoms with Crippen LogP contribution in [0.1, 0.15) is 58.5 Å². The molecule has 3 amide bonds. The summed E-state index contributed by atoms with van der Waals surface area (Å²) < 4.78 is 1.68. The van der Waals surface area contributed by atoms with Crippen LogP contribution in [0.4, 0.5) is 0 Å². The molecule has 8 heteroatoms. The van der Waals surface area contributed by atoms with Crippen LogP contribution in [0.5, 0.6) is 0 Å². The number of aromatic nitrogens is 2. The Hall–Kier alpha value is -3.94. The van der Waals surface area contributed by atoms with Crippen LogP contribution in [0.3, 0.4) is 0 Å². The lowest BCUT2D eigenvalue weighted by atomic mass is 10.0. The van der Waals surface area contributed by atoms with Gasteiger partial charge in [-0.15, -0.1) is 0 Å². The molecule has 0 saturated heterocycles. The predicted octanol–water partition coefficient (Wildman–Crippen LogP) is 3.13. The first-order chi connectivity index (χ1) is 16.2. The highest BCUT2D eigenvalue weighted by Crippen LogP contribution is 2.13. The van der Waals surface area contributed by atoms with Crippen molar-refractivity contribution in [3.8, 4) is 5.69 Å². The quantitative estimate of drug-likeness (QED) is 0.430. The minimum atomic E-state index is -0.700. The van der Waals surface area contributed by atoms with Crippen molar-refractivity contribution in [3.63, 3.8) is 0 Å². The standard InChI is InChI=1S/C26H31N5O3/c1-17(2)8-13-22(24(27)32)30-26(34)20-11-9-19(10-12-20)14-28-25(33)21-15-29-31(16-21)23-7-5-4-6-18(23)3/h4-7,9-12,15-17,22H,8,13-14H2,1-3H3,(H2,27,32)(H,28,33)(H,30,34)/t22-/m0/s1. The van der Waals surface area contributed by atoms with Gasteiger partial charge in [0.1, 0.15) is 6.04 Å². The normalized spacial score (nSPS) is 11.8. The van der Waals surface area contributed by atoms with Gasteiger partial charge in [0.05, 0.1) is 17.4 Å². The molecule has 1 heterocycles. The van der Waals surface area contributed by atoms with E-state index in [0.29, 0.717) is 30.0 Å². The second-order valence-electron chi connectivity index (χ2n) is 8.74. The summed E-state index contributed by atoms with van der Waals surface area (Å²) in [6, 6.07) is 14.0. The van der Waals surface area contributed by atoms with Crippen molar-refractivity contribution in [2.75, 3.05) is 0 Å². The maximum absolute atomic E-state index is 12.5. The molecule has 0 unspecified atom stereocenters. The summed E-state index contributed by atoms with van der Waals surface area (Å²) in [6.45, 7) is 6.39. The van der Waals surface area contributed by atoms with E-state index in [1.807, 2.05) is 45.0 Å². The number of para-hydroxylation sites is 1. The molecule has 1 atom stereocenters. The van der Waals surface area contributed by atoms with E-state index in [1.165, 1.54) is 6.20 Å². The lowest BCUT2D eigenvalue weighted by Gasteiger charge is -2.16. The van der Waals surface area contributed by atoms with Crippen molar-refractivity contribution < 1.29 is 14.4 Å². The molecule has 0 fully saturated rings. The molecule has 0 aliphatic rings. The Labute approximate surface area is 199 Å². The van der Waals surface area contributed by atoms with Crippen LogP contribution >= 0.6 is 0 Å². The fourth-order valence-corrected chi connectivity index (χ4v) is 3.48. The minimum absolute atomic E-state index is 0.240. The SMILES string of the molecule is Cc1ccccc1-n1cc(C(=O)NCc2ccc(C(=O)N[C@@H](CCC(C)C)C(N)=O)cc2)cn1. The first kappa shape index (κ1) is 24.7. The molecule has 0 aliphatic carbocycles. The lowest BCUT2D eigenvalue weighted by Crippen LogP contribution is -2.44. The smallest absolute Gasteiger partial charge is 0.254 e. The number of carbonyl (C=O) groups excluding carboxylic acids is 3. The first-order valence-electron chi connectivity index (χ1n) is 11.3. The van der Waals surface area contributed by atoms with Gasteiger partial charge in [0.15, 0.2) is 0 Å². The molecular formula is C26H31N5O3. The number of hydrogen-bond donors (Lipinski definition) is 3. The molecule has 0 spiro atoms. The van der Waals surface area contributed by atoms with E-state index in [4.69, 9.17) is 5.73 Å². The summed E-state index contributed by atoms with van der Waals surface area (Å²) in [5.41, 5.74) is 9.12. The Morgan fingerprint density at radius 3 is 2.32 bits per heavy atom. The number of nitrogens with one attached hydrogen (secondary N) is 2. The van der Waals surface area contributed by atoms with E-state index in [9.17, 15) is 14.4 Å². The highest BCUT2D eigenvalue weighted by atomic mass is 16.2. The third-order valence-corrected chi connectivity index (χ3v) is 5.56. The third kappa shape index (κ3) is 6.54. The van der Waals surface area contributed by atoms with Gasteiger partial charge in [0.2, 0.25) is 5.91 Å². The summed E-state index contributed by atoms with van der Waals surface area (Å²) in [4.78, 5) is 36.7. The molecule has 34 heavy (non-hydrogen) atoms. The van der Waals surface area contributed by atoms with Crippen LogP contribution in [0.2, 0.25) is 0 Å². The largest absolute Gasteiger partial charge is 0.368 e. The number of carbonyl (C=O) groups is 3. The van der Waals surface area contributed by atoms with Gasteiger partial charge < -0.3 is 16.4 Å². The number of primary amides is 1. The van der Waals surface area contributed by atoms with Crippen LogP contribution in [-0.2, 0) is 11.3 Å². The Balaban J connectivity index is 1.55.